The molecule has 0 amide bonds. The Morgan fingerprint density at radius 3 is 2.81 bits per heavy atom. The first kappa shape index (κ1) is 16.9. The van der Waals surface area contributed by atoms with Gasteiger partial charge in [-0.25, -0.2) is 14.5 Å². The Morgan fingerprint density at radius 2 is 2.04 bits per heavy atom. The minimum atomic E-state index is 0.329. The van der Waals surface area contributed by atoms with Crippen LogP contribution in [0.2, 0.25) is 5.02 Å². The van der Waals surface area contributed by atoms with Gasteiger partial charge in [0.05, 0.1) is 28.6 Å². The number of anilines is 1. The third-order valence-corrected chi connectivity index (χ3v) is 5.62. The zero-order valence-electron chi connectivity index (χ0n) is 14.9. The summed E-state index contributed by atoms with van der Waals surface area (Å²) in [5.74, 6) is 1.16. The number of aromatic nitrogens is 4. The molecule has 5 heterocycles. The quantitative estimate of drug-likeness (QED) is 0.720. The van der Waals surface area contributed by atoms with Crippen molar-refractivity contribution in [3.63, 3.8) is 0 Å². The highest BCUT2D eigenvalue weighted by atomic mass is 35.5. The van der Waals surface area contributed by atoms with E-state index in [0.717, 1.165) is 50.2 Å². The number of nitrogens with one attached hydrogen (secondary N) is 2. The highest BCUT2D eigenvalue weighted by Gasteiger charge is 2.21. The maximum atomic E-state index is 6.43. The molecule has 140 valence electrons. The highest BCUT2D eigenvalue weighted by Crippen LogP contribution is 2.31. The van der Waals surface area contributed by atoms with Crippen molar-refractivity contribution in [3.05, 3.63) is 41.3 Å². The third-order valence-electron chi connectivity index (χ3n) is 5.35. The molecule has 27 heavy (non-hydrogen) atoms. The summed E-state index contributed by atoms with van der Waals surface area (Å²) in [6.45, 7) is 3.59. The number of pyridine rings is 1. The second-order valence-electron chi connectivity index (χ2n) is 7.13. The van der Waals surface area contributed by atoms with Crippen molar-refractivity contribution in [2.75, 3.05) is 31.6 Å². The van der Waals surface area contributed by atoms with E-state index in [-0.39, 0.29) is 0 Å². The summed E-state index contributed by atoms with van der Waals surface area (Å²) < 4.78 is 7.32. The average molecular weight is 385 g/mol. The number of hydrogen-bond donors (Lipinski definition) is 2. The van der Waals surface area contributed by atoms with Crippen molar-refractivity contribution in [1.82, 2.24) is 24.9 Å². The molecule has 3 aromatic heterocycles. The van der Waals surface area contributed by atoms with Crippen LogP contribution in [0, 0.1) is 0 Å². The van der Waals surface area contributed by atoms with Crippen LogP contribution in [0.1, 0.15) is 24.3 Å². The Kier molecular flexibility index (Phi) is 4.43. The molecule has 2 aliphatic heterocycles. The summed E-state index contributed by atoms with van der Waals surface area (Å²) in [4.78, 5) is 9.04. The first-order chi connectivity index (χ1) is 13.3. The zero-order chi connectivity index (χ0) is 18.2. The van der Waals surface area contributed by atoms with Crippen molar-refractivity contribution in [3.8, 4) is 11.3 Å². The Labute approximate surface area is 162 Å². The van der Waals surface area contributed by atoms with Gasteiger partial charge in [0, 0.05) is 50.0 Å². The number of hydrogen-bond acceptors (Lipinski definition) is 6. The molecule has 0 bridgehead atoms. The SMILES string of the molecule is Clc1cnc(NC2CCOCC2)nc1-c1cnn2cc(C3CNC3)ccc12. The van der Waals surface area contributed by atoms with Crippen LogP contribution < -0.4 is 10.6 Å². The second kappa shape index (κ2) is 7.07. The van der Waals surface area contributed by atoms with Crippen molar-refractivity contribution >= 4 is 23.1 Å². The summed E-state index contributed by atoms with van der Waals surface area (Å²) in [7, 11) is 0. The molecule has 0 radical (unpaired) electrons. The molecule has 0 unspecified atom stereocenters. The van der Waals surface area contributed by atoms with E-state index in [1.54, 1.807) is 6.20 Å². The van der Waals surface area contributed by atoms with Crippen molar-refractivity contribution in [1.29, 1.82) is 0 Å². The maximum Gasteiger partial charge on any atom is 0.223 e. The molecule has 3 aromatic rings. The fraction of sp³-hybridized carbons (Fsp3) is 0.421. The predicted octanol–water partition coefficient (Wildman–Crippen LogP) is 2.72. The lowest BCUT2D eigenvalue weighted by atomic mass is 9.95. The number of halogens is 1. The molecule has 2 saturated heterocycles. The van der Waals surface area contributed by atoms with E-state index in [2.05, 4.69) is 44.0 Å². The summed E-state index contributed by atoms with van der Waals surface area (Å²) in [5.41, 5.74) is 3.90. The van der Waals surface area contributed by atoms with Gasteiger partial charge in [-0.3, -0.25) is 0 Å². The molecule has 2 fully saturated rings. The molecule has 7 nitrogen and oxygen atoms in total. The molecule has 0 aliphatic carbocycles. The van der Waals surface area contributed by atoms with Gasteiger partial charge in [0.25, 0.3) is 0 Å². The first-order valence-electron chi connectivity index (χ1n) is 9.33. The molecule has 2 N–H and O–H groups in total. The lowest BCUT2D eigenvalue weighted by Crippen LogP contribution is -2.39. The normalized spacial score (nSPS) is 18.6. The minimum Gasteiger partial charge on any atom is -0.381 e. The summed E-state index contributed by atoms with van der Waals surface area (Å²) >= 11 is 6.43. The molecule has 0 spiro atoms. The molecule has 0 saturated carbocycles. The number of fused-ring (bicyclic) bond motifs is 1. The van der Waals surface area contributed by atoms with Crippen LogP contribution in [0.4, 0.5) is 5.95 Å². The molecule has 5 rings (SSSR count). The van der Waals surface area contributed by atoms with Crippen LogP contribution in [0.3, 0.4) is 0 Å². The van der Waals surface area contributed by atoms with Crippen LogP contribution >= 0.6 is 11.6 Å². The fourth-order valence-corrected chi connectivity index (χ4v) is 3.79. The van der Waals surface area contributed by atoms with E-state index in [1.165, 1.54) is 5.56 Å². The minimum absolute atomic E-state index is 0.329. The Morgan fingerprint density at radius 1 is 1.19 bits per heavy atom. The van der Waals surface area contributed by atoms with E-state index >= 15 is 0 Å². The summed E-state index contributed by atoms with van der Waals surface area (Å²) in [5, 5.41) is 11.8. The van der Waals surface area contributed by atoms with Crippen LogP contribution in [-0.4, -0.2) is 51.9 Å². The Hall–Kier alpha value is -2.22. The second-order valence-corrected chi connectivity index (χ2v) is 7.53. The van der Waals surface area contributed by atoms with E-state index in [4.69, 9.17) is 16.3 Å². The Balaban J connectivity index is 1.47. The molecular weight excluding hydrogens is 364 g/mol. The van der Waals surface area contributed by atoms with Gasteiger partial charge < -0.3 is 15.4 Å². The number of rotatable bonds is 4. The predicted molar refractivity (Wildman–Crippen MR) is 104 cm³/mol. The summed E-state index contributed by atoms with van der Waals surface area (Å²) in [6.07, 6.45) is 7.49. The molecular formula is C19H21ClN6O. The van der Waals surface area contributed by atoms with Gasteiger partial charge in [0.15, 0.2) is 0 Å². The van der Waals surface area contributed by atoms with Crippen LogP contribution in [0.25, 0.3) is 16.8 Å². The molecule has 0 atom stereocenters. The number of nitrogens with zero attached hydrogens (tertiary/aromatic N) is 4. The topological polar surface area (TPSA) is 76.4 Å². The van der Waals surface area contributed by atoms with Gasteiger partial charge in [0.2, 0.25) is 5.95 Å². The van der Waals surface area contributed by atoms with Gasteiger partial charge in [-0.1, -0.05) is 17.7 Å². The van der Waals surface area contributed by atoms with Crippen molar-refractivity contribution in [2.24, 2.45) is 0 Å². The summed E-state index contributed by atoms with van der Waals surface area (Å²) in [6, 6.07) is 4.60. The number of ether oxygens (including phenoxy) is 1. The van der Waals surface area contributed by atoms with Crippen molar-refractivity contribution in [2.45, 2.75) is 24.8 Å². The van der Waals surface area contributed by atoms with Crippen LogP contribution in [0.15, 0.2) is 30.7 Å². The monoisotopic (exact) mass is 384 g/mol. The Bertz CT molecular complexity index is 964. The fourth-order valence-electron chi connectivity index (χ4n) is 3.60. The van der Waals surface area contributed by atoms with Gasteiger partial charge in [-0.2, -0.15) is 5.10 Å². The molecule has 2 aliphatic rings. The van der Waals surface area contributed by atoms with E-state index in [9.17, 15) is 0 Å². The average Bonchev–Trinajstić information content (AvgIpc) is 3.06. The van der Waals surface area contributed by atoms with E-state index in [1.807, 2.05) is 10.7 Å². The van der Waals surface area contributed by atoms with E-state index < -0.39 is 0 Å². The van der Waals surface area contributed by atoms with Crippen molar-refractivity contribution < 1.29 is 4.74 Å². The van der Waals surface area contributed by atoms with Gasteiger partial charge in [-0.05, 0) is 24.5 Å². The standard InChI is InChI=1S/C19H21ClN6O/c20-16-10-22-19(24-14-3-5-27-6-4-14)25-18(16)15-9-23-26-11-12(1-2-17(15)26)13-7-21-8-13/h1-2,9-11,13-14,21H,3-8H2,(H,22,24,25). The highest BCUT2D eigenvalue weighted by molar-refractivity contribution is 6.33. The zero-order valence-corrected chi connectivity index (χ0v) is 15.6. The van der Waals surface area contributed by atoms with Crippen LogP contribution in [0.5, 0.6) is 0 Å². The van der Waals surface area contributed by atoms with Crippen LogP contribution in [-0.2, 0) is 4.74 Å². The van der Waals surface area contributed by atoms with Gasteiger partial charge >= 0.3 is 0 Å². The maximum absolute atomic E-state index is 6.43. The van der Waals surface area contributed by atoms with E-state index in [0.29, 0.717) is 28.6 Å². The molecule has 8 heteroatoms. The van der Waals surface area contributed by atoms with Gasteiger partial charge in [-0.15, -0.1) is 0 Å². The smallest absolute Gasteiger partial charge is 0.223 e. The largest absolute Gasteiger partial charge is 0.381 e. The first-order valence-corrected chi connectivity index (χ1v) is 9.71. The third kappa shape index (κ3) is 3.26. The molecule has 0 aromatic carbocycles. The lowest BCUT2D eigenvalue weighted by Gasteiger charge is -2.27. The lowest BCUT2D eigenvalue weighted by molar-refractivity contribution is 0.0903. The van der Waals surface area contributed by atoms with Gasteiger partial charge in [0.1, 0.15) is 0 Å².